The molecule has 2 aromatic rings. The number of carbonyl (C=O) groups excluding carboxylic acids is 1. The molecule has 118 valence electrons. The van der Waals surface area contributed by atoms with E-state index in [0.717, 1.165) is 22.4 Å². The number of para-hydroxylation sites is 1. The van der Waals surface area contributed by atoms with Crippen LogP contribution in [0.15, 0.2) is 29.3 Å². The maximum atomic E-state index is 12.2. The summed E-state index contributed by atoms with van der Waals surface area (Å²) in [7, 11) is 0. The van der Waals surface area contributed by atoms with E-state index in [-0.39, 0.29) is 30.1 Å². The van der Waals surface area contributed by atoms with E-state index in [1.807, 2.05) is 24.3 Å². The number of carbonyl (C=O) groups is 1. The van der Waals surface area contributed by atoms with Gasteiger partial charge in [0.15, 0.2) is 0 Å². The van der Waals surface area contributed by atoms with Crippen molar-refractivity contribution in [1.82, 2.24) is 15.3 Å². The lowest BCUT2D eigenvalue weighted by atomic mass is 9.94. The summed E-state index contributed by atoms with van der Waals surface area (Å²) in [4.78, 5) is 23.3. The molecule has 4 rings (SSSR count). The highest BCUT2D eigenvalue weighted by molar-refractivity contribution is 6.60. The van der Waals surface area contributed by atoms with Crippen molar-refractivity contribution >= 4 is 46.8 Å². The van der Waals surface area contributed by atoms with Crippen LogP contribution in [-0.2, 0) is 4.79 Å². The minimum absolute atomic E-state index is 0. The molecule has 8 heteroatoms. The third kappa shape index (κ3) is 2.25. The molecule has 0 aliphatic carbocycles. The topological polar surface area (TPSA) is 116 Å². The number of aliphatic imine (C=N–C) groups is 1. The predicted octanol–water partition coefficient (Wildman–Crippen LogP) is 1.64. The van der Waals surface area contributed by atoms with Gasteiger partial charge < -0.3 is 21.1 Å². The fourth-order valence-corrected chi connectivity index (χ4v) is 2.91. The lowest BCUT2D eigenvalue weighted by Crippen LogP contribution is -2.29. The summed E-state index contributed by atoms with van der Waals surface area (Å²) in [5, 5.41) is 12.8. The largest absolute Gasteiger partial charge is 0.492 e. The minimum atomic E-state index is -0.215. The molecule has 5 N–H and O–H groups in total. The number of halogens is 1. The van der Waals surface area contributed by atoms with Gasteiger partial charge in [-0.1, -0.05) is 18.2 Å². The summed E-state index contributed by atoms with van der Waals surface area (Å²) in [6.07, 6.45) is 0.545. The Morgan fingerprint density at radius 1 is 1.26 bits per heavy atom. The molecule has 2 aliphatic rings. The number of imidazole rings is 1. The maximum Gasteiger partial charge on any atom is 0.270 e. The Hall–Kier alpha value is -2.80. The number of benzene rings is 1. The van der Waals surface area contributed by atoms with Gasteiger partial charge in [0.2, 0.25) is 11.8 Å². The third-order valence-electron chi connectivity index (χ3n) is 3.82. The van der Waals surface area contributed by atoms with Crippen LogP contribution in [0.2, 0.25) is 0 Å². The number of anilines is 1. The van der Waals surface area contributed by atoms with Crippen LogP contribution >= 0.6 is 12.4 Å². The van der Waals surface area contributed by atoms with E-state index in [1.54, 1.807) is 0 Å². The highest BCUT2D eigenvalue weighted by Crippen LogP contribution is 2.42. The highest BCUT2D eigenvalue weighted by Gasteiger charge is 2.32. The van der Waals surface area contributed by atoms with E-state index in [0.29, 0.717) is 24.4 Å². The van der Waals surface area contributed by atoms with Gasteiger partial charge in [-0.05, 0) is 18.1 Å². The fraction of sp³-hybridized carbons (Fsp3) is 0.133. The Morgan fingerprint density at radius 3 is 2.78 bits per heavy atom. The normalized spacial score (nSPS) is 16.0. The molecule has 0 unspecified atom stereocenters. The van der Waals surface area contributed by atoms with E-state index < -0.39 is 0 Å². The van der Waals surface area contributed by atoms with Gasteiger partial charge in [0.1, 0.15) is 11.4 Å². The van der Waals surface area contributed by atoms with Crippen LogP contribution in [0.3, 0.4) is 0 Å². The molecule has 7 nitrogen and oxygen atoms in total. The van der Waals surface area contributed by atoms with Gasteiger partial charge >= 0.3 is 0 Å². The predicted molar refractivity (Wildman–Crippen MR) is 89.9 cm³/mol. The summed E-state index contributed by atoms with van der Waals surface area (Å²) in [5.41, 5.74) is 9.55. The molecular weight excluding hydrogens is 318 g/mol. The average molecular weight is 332 g/mol. The first kappa shape index (κ1) is 15.1. The second-order valence-corrected chi connectivity index (χ2v) is 5.16. The average Bonchev–Trinajstić information content (AvgIpc) is 2.99. The number of rotatable bonds is 1. The molecule has 1 aromatic carbocycles. The first-order chi connectivity index (χ1) is 10.6. The van der Waals surface area contributed by atoms with Crippen LogP contribution in [-0.4, -0.2) is 33.2 Å². The Morgan fingerprint density at radius 2 is 2.04 bits per heavy atom. The standard InChI is InChI=1S/C15H13N5O2.ClH/c16-15-19-11(14(22)20-15)8-5-6-17-13(21)12-10(8)7-3-1-2-4-9(7)18-12;/h1-4,22H,5-6H2,(H,17,21)(H3,16,19,20);1H. The number of nitrogens with one attached hydrogen (secondary N) is 2. The molecule has 0 fully saturated rings. The van der Waals surface area contributed by atoms with Gasteiger partial charge in [-0.2, -0.15) is 4.98 Å². The Balaban J connectivity index is 0.00000156. The molecule has 0 spiro atoms. The minimum Gasteiger partial charge on any atom is -0.492 e. The van der Waals surface area contributed by atoms with Gasteiger partial charge in [0.25, 0.3) is 5.91 Å². The number of aromatic nitrogens is 2. The van der Waals surface area contributed by atoms with E-state index in [1.165, 1.54) is 0 Å². The Kier molecular flexibility index (Phi) is 3.57. The van der Waals surface area contributed by atoms with Crippen LogP contribution in [0.5, 0.6) is 5.88 Å². The van der Waals surface area contributed by atoms with Crippen molar-refractivity contribution in [1.29, 1.82) is 0 Å². The number of hydrogen-bond acceptors (Lipinski definition) is 5. The Bertz CT molecular complexity index is 869. The van der Waals surface area contributed by atoms with Crippen LogP contribution in [0.25, 0.3) is 11.1 Å². The first-order valence-corrected chi connectivity index (χ1v) is 6.90. The molecule has 0 radical (unpaired) electrons. The highest BCUT2D eigenvalue weighted by atomic mass is 35.5. The molecular formula is C15H14ClN5O2. The molecule has 0 saturated heterocycles. The molecule has 0 saturated carbocycles. The van der Waals surface area contributed by atoms with Crippen LogP contribution in [0.4, 0.5) is 11.6 Å². The summed E-state index contributed by atoms with van der Waals surface area (Å²) < 4.78 is 0. The zero-order chi connectivity index (χ0) is 15.3. The van der Waals surface area contributed by atoms with Gasteiger partial charge in [0.05, 0.1) is 5.69 Å². The summed E-state index contributed by atoms with van der Waals surface area (Å²) in [6, 6.07) is 7.54. The van der Waals surface area contributed by atoms with E-state index >= 15 is 0 Å². The van der Waals surface area contributed by atoms with E-state index in [9.17, 15) is 9.90 Å². The van der Waals surface area contributed by atoms with Crippen LogP contribution in [0, 0.1) is 0 Å². The van der Waals surface area contributed by atoms with E-state index in [2.05, 4.69) is 20.3 Å². The lowest BCUT2D eigenvalue weighted by Gasteiger charge is -2.08. The van der Waals surface area contributed by atoms with Gasteiger partial charge in [-0.3, -0.25) is 4.79 Å². The van der Waals surface area contributed by atoms with Crippen LogP contribution < -0.4 is 11.1 Å². The zero-order valence-electron chi connectivity index (χ0n) is 12.0. The monoisotopic (exact) mass is 331 g/mol. The number of fused-ring (bicyclic) bond motifs is 3. The molecule has 23 heavy (non-hydrogen) atoms. The number of nitrogens with zero attached hydrogens (tertiary/aromatic N) is 2. The SMILES string of the molecule is Cl.Nc1nc(O)c(C2=C3C(=Nc4ccccc43)C(=O)NCC2)[nH]1. The maximum absolute atomic E-state index is 12.2. The van der Waals surface area contributed by atoms with Gasteiger partial charge in [0, 0.05) is 17.7 Å². The number of aromatic amines is 1. The van der Waals surface area contributed by atoms with Crippen molar-refractivity contribution in [3.05, 3.63) is 35.5 Å². The quantitative estimate of drug-likeness (QED) is 0.635. The second-order valence-electron chi connectivity index (χ2n) is 5.16. The Labute approximate surface area is 137 Å². The van der Waals surface area contributed by atoms with Crippen molar-refractivity contribution in [2.24, 2.45) is 4.99 Å². The smallest absolute Gasteiger partial charge is 0.270 e. The number of amides is 1. The van der Waals surface area contributed by atoms with Gasteiger partial charge in [-0.15, -0.1) is 12.4 Å². The molecule has 1 amide bonds. The number of nitrogen functional groups attached to an aromatic ring is 1. The van der Waals surface area contributed by atoms with Crippen molar-refractivity contribution in [2.45, 2.75) is 6.42 Å². The van der Waals surface area contributed by atoms with Gasteiger partial charge in [-0.25, -0.2) is 4.99 Å². The molecule has 1 aromatic heterocycles. The first-order valence-electron chi connectivity index (χ1n) is 6.90. The van der Waals surface area contributed by atoms with Crippen molar-refractivity contribution in [3.63, 3.8) is 0 Å². The third-order valence-corrected chi connectivity index (χ3v) is 3.82. The molecule has 2 aliphatic heterocycles. The lowest BCUT2D eigenvalue weighted by molar-refractivity contribution is -0.114. The van der Waals surface area contributed by atoms with Crippen LogP contribution in [0.1, 0.15) is 17.7 Å². The number of nitrogens with two attached hydrogens (primary N) is 1. The molecule has 0 bridgehead atoms. The fourth-order valence-electron chi connectivity index (χ4n) is 2.91. The molecule has 0 atom stereocenters. The zero-order valence-corrected chi connectivity index (χ0v) is 12.8. The van der Waals surface area contributed by atoms with Crippen molar-refractivity contribution < 1.29 is 9.90 Å². The molecule has 3 heterocycles. The number of hydrogen-bond donors (Lipinski definition) is 4. The summed E-state index contributed by atoms with van der Waals surface area (Å²) >= 11 is 0. The number of H-pyrrole nitrogens is 1. The second kappa shape index (κ2) is 5.44. The summed E-state index contributed by atoms with van der Waals surface area (Å²) in [6.45, 7) is 0.456. The number of aromatic hydroxyl groups is 1. The summed E-state index contributed by atoms with van der Waals surface area (Å²) in [5.74, 6) is -0.250. The van der Waals surface area contributed by atoms with E-state index in [4.69, 9.17) is 5.73 Å². The van der Waals surface area contributed by atoms with Crippen molar-refractivity contribution in [2.75, 3.05) is 12.3 Å². The van der Waals surface area contributed by atoms with Crippen molar-refractivity contribution in [3.8, 4) is 5.88 Å².